The predicted octanol–water partition coefficient (Wildman–Crippen LogP) is 0.250. The summed E-state index contributed by atoms with van der Waals surface area (Å²) in [6, 6.07) is 2.09. The van der Waals surface area contributed by atoms with Crippen LogP contribution in [0.15, 0.2) is 4.52 Å². The fourth-order valence-electron chi connectivity index (χ4n) is 1.58. The molecule has 1 unspecified atom stereocenters. The third kappa shape index (κ3) is 1.96. The number of carbonyl (C=O) groups is 1. The van der Waals surface area contributed by atoms with Crippen LogP contribution in [0.25, 0.3) is 0 Å². The zero-order valence-electron chi connectivity index (χ0n) is 8.30. The van der Waals surface area contributed by atoms with Gasteiger partial charge in [0.15, 0.2) is 5.82 Å². The van der Waals surface area contributed by atoms with E-state index in [9.17, 15) is 4.79 Å². The van der Waals surface area contributed by atoms with Crippen LogP contribution in [0.2, 0.25) is 0 Å². The van der Waals surface area contributed by atoms with E-state index in [-0.39, 0.29) is 11.8 Å². The number of rotatable bonds is 2. The van der Waals surface area contributed by atoms with E-state index < -0.39 is 0 Å². The molecule has 6 nitrogen and oxygen atoms in total. The van der Waals surface area contributed by atoms with Gasteiger partial charge < -0.3 is 9.42 Å². The molecule has 1 saturated heterocycles. The summed E-state index contributed by atoms with van der Waals surface area (Å²) in [5.74, 6) is 0.729. The van der Waals surface area contributed by atoms with Crippen molar-refractivity contribution in [1.29, 1.82) is 5.26 Å². The highest BCUT2D eigenvalue weighted by atomic mass is 16.5. The topological polar surface area (TPSA) is 83.0 Å². The average Bonchev–Trinajstić information content (AvgIpc) is 2.75. The molecule has 0 spiro atoms. The molecular formula is C9H10N4O2. The lowest BCUT2D eigenvalue weighted by molar-refractivity contribution is -0.128. The van der Waals surface area contributed by atoms with Gasteiger partial charge in [-0.25, -0.2) is 0 Å². The first-order chi connectivity index (χ1) is 7.19. The lowest BCUT2D eigenvalue weighted by Crippen LogP contribution is -2.24. The van der Waals surface area contributed by atoms with Gasteiger partial charge in [-0.05, 0) is 6.92 Å². The molecule has 1 aromatic rings. The zero-order valence-corrected chi connectivity index (χ0v) is 8.30. The lowest BCUT2D eigenvalue weighted by atomic mass is 10.1. The van der Waals surface area contributed by atoms with Crippen LogP contribution >= 0.6 is 0 Å². The normalized spacial score (nSPS) is 20.7. The van der Waals surface area contributed by atoms with E-state index in [0.29, 0.717) is 31.2 Å². The fourth-order valence-corrected chi connectivity index (χ4v) is 1.58. The Morgan fingerprint density at radius 3 is 3.07 bits per heavy atom. The van der Waals surface area contributed by atoms with Crippen LogP contribution in [0, 0.1) is 24.2 Å². The van der Waals surface area contributed by atoms with Gasteiger partial charge in [-0.15, -0.1) is 0 Å². The molecule has 1 aromatic heterocycles. The van der Waals surface area contributed by atoms with Crippen LogP contribution in [0.4, 0.5) is 0 Å². The lowest BCUT2D eigenvalue weighted by Gasteiger charge is -2.11. The second kappa shape index (κ2) is 3.69. The summed E-state index contributed by atoms with van der Waals surface area (Å²) in [7, 11) is 0. The minimum absolute atomic E-state index is 0.0302. The number of nitriles is 1. The number of hydrogen-bond acceptors (Lipinski definition) is 5. The smallest absolute Gasteiger partial charge is 0.246 e. The number of aryl methyl sites for hydroxylation is 1. The van der Waals surface area contributed by atoms with Gasteiger partial charge in [0.05, 0.1) is 12.0 Å². The molecule has 0 aliphatic carbocycles. The van der Waals surface area contributed by atoms with E-state index in [0.717, 1.165) is 0 Å². The van der Waals surface area contributed by atoms with E-state index in [4.69, 9.17) is 9.78 Å². The summed E-state index contributed by atoms with van der Waals surface area (Å²) < 4.78 is 4.91. The minimum Gasteiger partial charge on any atom is -0.337 e. The minimum atomic E-state index is -0.207. The van der Waals surface area contributed by atoms with Crippen molar-refractivity contribution in [2.75, 3.05) is 6.54 Å². The summed E-state index contributed by atoms with van der Waals surface area (Å²) in [5.41, 5.74) is 0. The predicted molar refractivity (Wildman–Crippen MR) is 48.2 cm³/mol. The van der Waals surface area contributed by atoms with E-state index in [2.05, 4.69) is 16.2 Å². The maximum atomic E-state index is 11.4. The van der Waals surface area contributed by atoms with Gasteiger partial charge in [-0.3, -0.25) is 4.79 Å². The number of likely N-dealkylation sites (tertiary alicyclic amines) is 1. The van der Waals surface area contributed by atoms with E-state index in [1.54, 1.807) is 11.8 Å². The first kappa shape index (κ1) is 9.65. The number of nitrogens with zero attached hydrogens (tertiary/aromatic N) is 4. The molecule has 2 heterocycles. The molecule has 0 bridgehead atoms. The Kier molecular flexibility index (Phi) is 2.37. The molecular weight excluding hydrogens is 196 g/mol. The Morgan fingerprint density at radius 2 is 2.53 bits per heavy atom. The standard InChI is InChI=1S/C9H10N4O2/c1-6-11-8(15-12-6)5-13-4-7(3-10)2-9(13)14/h7H,2,4-5H2,1H3. The summed E-state index contributed by atoms with van der Waals surface area (Å²) in [6.45, 7) is 2.48. The monoisotopic (exact) mass is 206 g/mol. The van der Waals surface area contributed by atoms with Crippen molar-refractivity contribution in [3.8, 4) is 6.07 Å². The van der Waals surface area contributed by atoms with Gasteiger partial charge in [-0.2, -0.15) is 10.2 Å². The highest BCUT2D eigenvalue weighted by Crippen LogP contribution is 2.18. The molecule has 0 saturated carbocycles. The molecule has 0 radical (unpaired) electrons. The van der Waals surface area contributed by atoms with Gasteiger partial charge >= 0.3 is 0 Å². The number of carbonyl (C=O) groups excluding carboxylic acids is 1. The summed E-state index contributed by atoms with van der Waals surface area (Å²) in [6.07, 6.45) is 0.295. The highest BCUT2D eigenvalue weighted by molar-refractivity contribution is 5.79. The van der Waals surface area contributed by atoms with Crippen molar-refractivity contribution in [2.45, 2.75) is 19.9 Å². The largest absolute Gasteiger partial charge is 0.337 e. The molecule has 15 heavy (non-hydrogen) atoms. The van der Waals surface area contributed by atoms with Gasteiger partial charge in [-0.1, -0.05) is 5.16 Å². The third-order valence-electron chi connectivity index (χ3n) is 2.29. The van der Waals surface area contributed by atoms with Crippen LogP contribution in [-0.4, -0.2) is 27.5 Å². The van der Waals surface area contributed by atoms with Crippen LogP contribution in [-0.2, 0) is 11.3 Å². The van der Waals surface area contributed by atoms with Crippen molar-refractivity contribution in [1.82, 2.24) is 15.0 Å². The maximum absolute atomic E-state index is 11.4. The Labute approximate surface area is 86.5 Å². The molecule has 1 fully saturated rings. The molecule has 1 amide bonds. The van der Waals surface area contributed by atoms with Crippen molar-refractivity contribution < 1.29 is 9.32 Å². The fraction of sp³-hybridized carbons (Fsp3) is 0.556. The Hall–Kier alpha value is -1.90. The zero-order chi connectivity index (χ0) is 10.8. The van der Waals surface area contributed by atoms with E-state index in [1.807, 2.05) is 0 Å². The van der Waals surface area contributed by atoms with Crippen molar-refractivity contribution >= 4 is 5.91 Å². The first-order valence-corrected chi connectivity index (χ1v) is 4.65. The quantitative estimate of drug-likeness (QED) is 0.692. The summed E-state index contributed by atoms with van der Waals surface area (Å²) in [5, 5.41) is 12.3. The van der Waals surface area contributed by atoms with Crippen LogP contribution in [0.5, 0.6) is 0 Å². The third-order valence-corrected chi connectivity index (χ3v) is 2.29. The maximum Gasteiger partial charge on any atom is 0.246 e. The second-order valence-corrected chi connectivity index (χ2v) is 3.54. The van der Waals surface area contributed by atoms with Crippen molar-refractivity contribution in [3.05, 3.63) is 11.7 Å². The molecule has 1 aliphatic heterocycles. The molecule has 78 valence electrons. The summed E-state index contributed by atoms with van der Waals surface area (Å²) >= 11 is 0. The highest BCUT2D eigenvalue weighted by Gasteiger charge is 2.30. The molecule has 1 atom stereocenters. The van der Waals surface area contributed by atoms with Crippen molar-refractivity contribution in [2.24, 2.45) is 5.92 Å². The Morgan fingerprint density at radius 1 is 1.73 bits per heavy atom. The average molecular weight is 206 g/mol. The molecule has 0 N–H and O–H groups in total. The molecule has 0 aromatic carbocycles. The summed E-state index contributed by atoms with van der Waals surface area (Å²) in [4.78, 5) is 17.0. The number of aromatic nitrogens is 2. The van der Waals surface area contributed by atoms with Crippen molar-refractivity contribution in [3.63, 3.8) is 0 Å². The van der Waals surface area contributed by atoms with Crippen LogP contribution < -0.4 is 0 Å². The molecule has 2 rings (SSSR count). The molecule has 1 aliphatic rings. The van der Waals surface area contributed by atoms with Gasteiger partial charge in [0, 0.05) is 13.0 Å². The number of amides is 1. The van der Waals surface area contributed by atoms with Gasteiger partial charge in [0.1, 0.15) is 6.54 Å². The SMILES string of the molecule is Cc1noc(CN2CC(C#N)CC2=O)n1. The van der Waals surface area contributed by atoms with Gasteiger partial charge in [0.2, 0.25) is 11.8 Å². The molecule has 6 heteroatoms. The van der Waals surface area contributed by atoms with Gasteiger partial charge in [0.25, 0.3) is 0 Å². The first-order valence-electron chi connectivity index (χ1n) is 4.65. The van der Waals surface area contributed by atoms with E-state index >= 15 is 0 Å². The van der Waals surface area contributed by atoms with E-state index in [1.165, 1.54) is 0 Å². The second-order valence-electron chi connectivity index (χ2n) is 3.54. The Balaban J connectivity index is 2.02. The van der Waals surface area contributed by atoms with Crippen LogP contribution in [0.1, 0.15) is 18.1 Å². The van der Waals surface area contributed by atoms with Crippen LogP contribution in [0.3, 0.4) is 0 Å². The Bertz CT molecular complexity index is 420. The number of hydrogen-bond donors (Lipinski definition) is 0.